The predicted octanol–water partition coefficient (Wildman–Crippen LogP) is 5.76. The van der Waals surface area contributed by atoms with Crippen LogP contribution < -0.4 is 5.32 Å². The Labute approximate surface area is 163 Å². The number of hydrogen-bond donors (Lipinski definition) is 1. The van der Waals surface area contributed by atoms with Crippen LogP contribution in [0.2, 0.25) is 0 Å². The highest BCUT2D eigenvalue weighted by atomic mass is 16.3. The van der Waals surface area contributed by atoms with Crippen molar-refractivity contribution in [2.24, 2.45) is 0 Å². The molecule has 1 heterocycles. The molecule has 0 unspecified atom stereocenters. The van der Waals surface area contributed by atoms with E-state index in [4.69, 9.17) is 4.42 Å². The summed E-state index contributed by atoms with van der Waals surface area (Å²) >= 11 is 0. The van der Waals surface area contributed by atoms with E-state index in [0.29, 0.717) is 17.2 Å². The largest absolute Gasteiger partial charge is 0.436 e. The van der Waals surface area contributed by atoms with Gasteiger partial charge in [-0.25, -0.2) is 4.98 Å². The Morgan fingerprint density at radius 1 is 0.964 bits per heavy atom. The molecule has 138 valence electrons. The summed E-state index contributed by atoms with van der Waals surface area (Å²) in [5.74, 6) is 0.375. The van der Waals surface area contributed by atoms with Crippen molar-refractivity contribution in [3.8, 4) is 11.5 Å². The molecule has 4 nitrogen and oxygen atoms in total. The summed E-state index contributed by atoms with van der Waals surface area (Å²) in [6.07, 6.45) is 3.31. The topological polar surface area (TPSA) is 55.1 Å². The molecule has 4 rings (SSSR count). The number of carbonyl (C=O) groups excluding carboxylic acids is 1. The van der Waals surface area contributed by atoms with Crippen LogP contribution in [-0.4, -0.2) is 10.9 Å². The average Bonchev–Trinajstić information content (AvgIpc) is 3.11. The molecule has 0 aliphatic rings. The monoisotopic (exact) mass is 368 g/mol. The number of carbonyl (C=O) groups is 1. The van der Waals surface area contributed by atoms with Crippen LogP contribution in [0.15, 0.2) is 77.2 Å². The number of aryl methyl sites for hydroxylation is 2. The number of nitrogens with one attached hydrogen (secondary N) is 1. The van der Waals surface area contributed by atoms with E-state index in [0.717, 1.165) is 22.2 Å². The first kappa shape index (κ1) is 17.7. The van der Waals surface area contributed by atoms with Crippen molar-refractivity contribution in [2.75, 3.05) is 5.32 Å². The maximum Gasteiger partial charge on any atom is 0.248 e. The molecule has 1 amide bonds. The Bertz CT molecular complexity index is 1170. The van der Waals surface area contributed by atoms with E-state index < -0.39 is 0 Å². The second kappa shape index (κ2) is 7.53. The Morgan fingerprint density at radius 3 is 2.57 bits per heavy atom. The standard InChI is InChI=1S/C24H20N2O2/c1-16-6-8-18(9-7-16)10-13-23(27)25-20-11-12-21-22(15-20)28-24(26-21)19-5-3-4-17(2)14-19/h3-15H,1-2H3,(H,25,27)/b13-10+. The number of benzene rings is 3. The van der Waals surface area contributed by atoms with E-state index in [1.54, 1.807) is 12.1 Å². The van der Waals surface area contributed by atoms with Crippen LogP contribution in [0.25, 0.3) is 28.6 Å². The van der Waals surface area contributed by atoms with Gasteiger partial charge in [0.25, 0.3) is 0 Å². The lowest BCUT2D eigenvalue weighted by Gasteiger charge is -2.01. The van der Waals surface area contributed by atoms with Crippen molar-refractivity contribution in [3.05, 3.63) is 89.5 Å². The summed E-state index contributed by atoms with van der Waals surface area (Å²) < 4.78 is 5.89. The van der Waals surface area contributed by atoms with E-state index in [2.05, 4.69) is 10.3 Å². The fraction of sp³-hybridized carbons (Fsp3) is 0.0833. The van der Waals surface area contributed by atoms with E-state index >= 15 is 0 Å². The molecule has 4 heteroatoms. The number of nitrogens with zero attached hydrogens (tertiary/aromatic N) is 1. The third kappa shape index (κ3) is 4.01. The molecule has 0 spiro atoms. The second-order valence-electron chi connectivity index (χ2n) is 6.80. The van der Waals surface area contributed by atoms with Gasteiger partial charge in [-0.1, -0.05) is 47.5 Å². The first-order valence-electron chi connectivity index (χ1n) is 9.10. The van der Waals surface area contributed by atoms with E-state index in [1.807, 2.05) is 74.5 Å². The maximum absolute atomic E-state index is 12.2. The van der Waals surface area contributed by atoms with Crippen LogP contribution in [0.5, 0.6) is 0 Å². The maximum atomic E-state index is 12.2. The second-order valence-corrected chi connectivity index (χ2v) is 6.80. The lowest BCUT2D eigenvalue weighted by atomic mass is 10.1. The number of fused-ring (bicyclic) bond motifs is 1. The van der Waals surface area contributed by atoms with Gasteiger partial charge in [-0.05, 0) is 49.8 Å². The zero-order chi connectivity index (χ0) is 19.5. The Balaban J connectivity index is 1.51. The van der Waals surface area contributed by atoms with Gasteiger partial charge in [0.05, 0.1) is 0 Å². The number of rotatable bonds is 4. The molecular weight excluding hydrogens is 348 g/mol. The number of anilines is 1. The van der Waals surface area contributed by atoms with Crippen molar-refractivity contribution in [1.29, 1.82) is 0 Å². The molecule has 1 N–H and O–H groups in total. The summed E-state index contributed by atoms with van der Waals surface area (Å²) in [5, 5.41) is 2.86. The fourth-order valence-electron chi connectivity index (χ4n) is 2.94. The van der Waals surface area contributed by atoms with Crippen LogP contribution in [0.3, 0.4) is 0 Å². The molecule has 0 atom stereocenters. The summed E-state index contributed by atoms with van der Waals surface area (Å²) in [6.45, 7) is 4.06. The van der Waals surface area contributed by atoms with Gasteiger partial charge in [0.2, 0.25) is 11.8 Å². The summed E-state index contributed by atoms with van der Waals surface area (Å²) in [6, 6.07) is 21.5. The minimum Gasteiger partial charge on any atom is -0.436 e. The highest BCUT2D eigenvalue weighted by Crippen LogP contribution is 2.26. The first-order valence-corrected chi connectivity index (χ1v) is 9.10. The fourth-order valence-corrected chi connectivity index (χ4v) is 2.94. The normalized spacial score (nSPS) is 11.2. The van der Waals surface area contributed by atoms with Crippen LogP contribution in [0, 0.1) is 13.8 Å². The molecule has 1 aromatic heterocycles. The Kier molecular flexibility index (Phi) is 4.77. The van der Waals surface area contributed by atoms with E-state index in [-0.39, 0.29) is 5.91 Å². The zero-order valence-corrected chi connectivity index (χ0v) is 15.8. The van der Waals surface area contributed by atoms with Crippen LogP contribution in [-0.2, 0) is 4.79 Å². The number of aromatic nitrogens is 1. The van der Waals surface area contributed by atoms with Crippen LogP contribution in [0.4, 0.5) is 5.69 Å². The Morgan fingerprint density at radius 2 is 1.79 bits per heavy atom. The molecule has 0 bridgehead atoms. The highest BCUT2D eigenvalue weighted by Gasteiger charge is 2.09. The molecule has 28 heavy (non-hydrogen) atoms. The van der Waals surface area contributed by atoms with Crippen LogP contribution >= 0.6 is 0 Å². The smallest absolute Gasteiger partial charge is 0.248 e. The quantitative estimate of drug-likeness (QED) is 0.466. The van der Waals surface area contributed by atoms with Gasteiger partial charge < -0.3 is 9.73 Å². The van der Waals surface area contributed by atoms with Gasteiger partial charge in [0.1, 0.15) is 5.52 Å². The molecule has 4 aromatic rings. The minimum absolute atomic E-state index is 0.196. The van der Waals surface area contributed by atoms with E-state index in [9.17, 15) is 4.79 Å². The van der Waals surface area contributed by atoms with Gasteiger partial charge in [-0.3, -0.25) is 4.79 Å². The average molecular weight is 368 g/mol. The molecule has 0 saturated carbocycles. The molecule has 0 aliphatic carbocycles. The zero-order valence-electron chi connectivity index (χ0n) is 15.8. The van der Waals surface area contributed by atoms with Crippen molar-refractivity contribution >= 4 is 28.8 Å². The third-order valence-corrected chi connectivity index (χ3v) is 4.43. The van der Waals surface area contributed by atoms with Gasteiger partial charge >= 0.3 is 0 Å². The van der Waals surface area contributed by atoms with Gasteiger partial charge in [-0.2, -0.15) is 0 Å². The van der Waals surface area contributed by atoms with Gasteiger partial charge in [-0.15, -0.1) is 0 Å². The number of oxazole rings is 1. The van der Waals surface area contributed by atoms with Gasteiger partial charge in [0, 0.05) is 23.4 Å². The first-order chi connectivity index (χ1) is 13.6. The lowest BCUT2D eigenvalue weighted by molar-refractivity contribution is -0.111. The SMILES string of the molecule is Cc1ccc(/C=C/C(=O)Nc2ccc3nc(-c4cccc(C)c4)oc3c2)cc1. The summed E-state index contributed by atoms with van der Waals surface area (Å²) in [5.41, 5.74) is 6.30. The molecule has 0 saturated heterocycles. The summed E-state index contributed by atoms with van der Waals surface area (Å²) in [7, 11) is 0. The van der Waals surface area contributed by atoms with Crippen molar-refractivity contribution < 1.29 is 9.21 Å². The molecule has 0 fully saturated rings. The third-order valence-electron chi connectivity index (χ3n) is 4.43. The Hall–Kier alpha value is -3.66. The van der Waals surface area contributed by atoms with Crippen molar-refractivity contribution in [2.45, 2.75) is 13.8 Å². The number of amides is 1. The molecule has 0 radical (unpaired) electrons. The van der Waals surface area contributed by atoms with Crippen molar-refractivity contribution in [3.63, 3.8) is 0 Å². The molecule has 0 aliphatic heterocycles. The lowest BCUT2D eigenvalue weighted by Crippen LogP contribution is -2.07. The van der Waals surface area contributed by atoms with Crippen molar-refractivity contribution in [1.82, 2.24) is 4.98 Å². The minimum atomic E-state index is -0.196. The highest BCUT2D eigenvalue weighted by molar-refractivity contribution is 6.02. The summed E-state index contributed by atoms with van der Waals surface area (Å²) in [4.78, 5) is 16.7. The predicted molar refractivity (Wildman–Crippen MR) is 113 cm³/mol. The van der Waals surface area contributed by atoms with Gasteiger partial charge in [0.15, 0.2) is 5.58 Å². The molecular formula is C24H20N2O2. The van der Waals surface area contributed by atoms with Crippen LogP contribution in [0.1, 0.15) is 16.7 Å². The number of hydrogen-bond acceptors (Lipinski definition) is 3. The van der Waals surface area contributed by atoms with E-state index in [1.165, 1.54) is 11.6 Å². The molecule has 3 aromatic carbocycles.